The minimum absolute atomic E-state index is 0.0417. The lowest BCUT2D eigenvalue weighted by molar-refractivity contribution is -0.151. The van der Waals surface area contributed by atoms with Crippen molar-refractivity contribution in [3.8, 4) is 11.5 Å². The summed E-state index contributed by atoms with van der Waals surface area (Å²) < 4.78 is 52.9. The predicted molar refractivity (Wildman–Crippen MR) is 118 cm³/mol. The van der Waals surface area contributed by atoms with E-state index in [-0.39, 0.29) is 22.9 Å². The van der Waals surface area contributed by atoms with E-state index in [1.165, 1.54) is 30.2 Å². The highest BCUT2D eigenvalue weighted by molar-refractivity contribution is 5.96. The SMILES string of the molecule is COc1cc(C(=O)NCC(=O)OCC(=O)N2CCN(c3ccccc3F)CC2)ccc1OC(F)F. The highest BCUT2D eigenvalue weighted by Crippen LogP contribution is 2.29. The molecule has 0 radical (unpaired) electrons. The number of amides is 2. The molecule has 9 nitrogen and oxygen atoms in total. The molecule has 0 spiro atoms. The third-order valence-electron chi connectivity index (χ3n) is 5.22. The van der Waals surface area contributed by atoms with E-state index < -0.39 is 37.5 Å². The normalized spacial score (nSPS) is 13.4. The zero-order valence-corrected chi connectivity index (χ0v) is 18.8. The van der Waals surface area contributed by atoms with Gasteiger partial charge in [-0.15, -0.1) is 0 Å². The molecule has 0 bridgehead atoms. The van der Waals surface area contributed by atoms with Gasteiger partial charge in [0.05, 0.1) is 12.8 Å². The van der Waals surface area contributed by atoms with Gasteiger partial charge in [0.25, 0.3) is 11.8 Å². The van der Waals surface area contributed by atoms with Crippen molar-refractivity contribution in [2.24, 2.45) is 0 Å². The maximum Gasteiger partial charge on any atom is 0.387 e. The fourth-order valence-electron chi connectivity index (χ4n) is 3.45. The maximum absolute atomic E-state index is 13.9. The molecule has 3 rings (SSSR count). The number of methoxy groups -OCH3 is 1. The standard InChI is InChI=1S/C23H24F3N3O6/c1-33-19-12-15(6-7-18(19)35-23(25)26)22(32)27-13-21(31)34-14-20(30)29-10-8-28(9-11-29)17-5-3-2-4-16(17)24/h2-7,12,23H,8-11,13-14H2,1H3,(H,27,32). The van der Waals surface area contributed by atoms with Gasteiger partial charge in [-0.1, -0.05) is 12.1 Å². The van der Waals surface area contributed by atoms with E-state index in [0.717, 1.165) is 6.07 Å². The molecule has 0 saturated carbocycles. The number of halogens is 3. The van der Waals surface area contributed by atoms with Gasteiger partial charge in [-0.3, -0.25) is 14.4 Å². The number of carbonyl (C=O) groups excluding carboxylic acids is 3. The van der Waals surface area contributed by atoms with Gasteiger partial charge >= 0.3 is 12.6 Å². The number of carbonyl (C=O) groups is 3. The summed E-state index contributed by atoms with van der Waals surface area (Å²) >= 11 is 0. The van der Waals surface area contributed by atoms with Crippen LogP contribution in [0.5, 0.6) is 11.5 Å². The number of hydrogen-bond acceptors (Lipinski definition) is 7. The van der Waals surface area contributed by atoms with Gasteiger partial charge < -0.3 is 29.3 Å². The van der Waals surface area contributed by atoms with Gasteiger partial charge in [0.1, 0.15) is 12.4 Å². The molecule has 0 unspecified atom stereocenters. The number of esters is 1. The van der Waals surface area contributed by atoms with Crippen LogP contribution in [0.4, 0.5) is 18.9 Å². The Morgan fingerprint density at radius 2 is 1.74 bits per heavy atom. The fourth-order valence-corrected chi connectivity index (χ4v) is 3.45. The van der Waals surface area contributed by atoms with Crippen LogP contribution in [-0.4, -0.2) is 75.7 Å². The van der Waals surface area contributed by atoms with Crippen LogP contribution < -0.4 is 19.7 Å². The number of nitrogens with zero attached hydrogens (tertiary/aromatic N) is 2. The lowest BCUT2D eigenvalue weighted by Gasteiger charge is -2.36. The Morgan fingerprint density at radius 1 is 1.03 bits per heavy atom. The molecule has 2 amide bonds. The van der Waals surface area contributed by atoms with Crippen LogP contribution >= 0.6 is 0 Å². The molecular formula is C23H24F3N3O6. The first kappa shape index (κ1) is 25.7. The van der Waals surface area contributed by atoms with Gasteiger partial charge in [0.15, 0.2) is 18.1 Å². The summed E-state index contributed by atoms with van der Waals surface area (Å²) in [5.74, 6) is -2.58. The Bertz CT molecular complexity index is 1060. The number of anilines is 1. The first-order valence-corrected chi connectivity index (χ1v) is 10.6. The van der Waals surface area contributed by atoms with Crippen LogP contribution in [-0.2, 0) is 14.3 Å². The minimum Gasteiger partial charge on any atom is -0.493 e. The van der Waals surface area contributed by atoms with Gasteiger partial charge in [-0.25, -0.2) is 4.39 Å². The van der Waals surface area contributed by atoms with Gasteiger partial charge in [-0.05, 0) is 30.3 Å². The number of rotatable bonds is 9. The second kappa shape index (κ2) is 12.0. The van der Waals surface area contributed by atoms with E-state index >= 15 is 0 Å². The first-order valence-electron chi connectivity index (χ1n) is 10.6. The quantitative estimate of drug-likeness (QED) is 0.532. The Balaban J connectivity index is 1.41. The third kappa shape index (κ3) is 7.01. The van der Waals surface area contributed by atoms with Crippen LogP contribution in [0, 0.1) is 5.82 Å². The van der Waals surface area contributed by atoms with Crippen LogP contribution in [0.1, 0.15) is 10.4 Å². The second-order valence-electron chi connectivity index (χ2n) is 7.41. The van der Waals surface area contributed by atoms with Gasteiger partial charge in [-0.2, -0.15) is 8.78 Å². The van der Waals surface area contributed by atoms with Crippen molar-refractivity contribution in [2.45, 2.75) is 6.61 Å². The summed E-state index contributed by atoms with van der Waals surface area (Å²) in [5.41, 5.74) is 0.510. The smallest absolute Gasteiger partial charge is 0.387 e. The van der Waals surface area contributed by atoms with E-state index in [1.54, 1.807) is 18.2 Å². The monoisotopic (exact) mass is 495 g/mol. The van der Waals surface area contributed by atoms with Crippen molar-refractivity contribution in [1.82, 2.24) is 10.2 Å². The fraction of sp³-hybridized carbons (Fsp3) is 0.348. The lowest BCUT2D eigenvalue weighted by Crippen LogP contribution is -2.50. The molecule has 1 fully saturated rings. The molecule has 1 heterocycles. The van der Waals surface area contributed by atoms with E-state index in [0.29, 0.717) is 31.9 Å². The number of nitrogens with one attached hydrogen (secondary N) is 1. The summed E-state index contributed by atoms with van der Waals surface area (Å²) in [7, 11) is 1.23. The Morgan fingerprint density at radius 3 is 2.40 bits per heavy atom. The van der Waals surface area contributed by atoms with Crippen molar-refractivity contribution in [2.75, 3.05) is 51.3 Å². The van der Waals surface area contributed by atoms with Crippen molar-refractivity contribution >= 4 is 23.5 Å². The van der Waals surface area contributed by atoms with E-state index in [2.05, 4.69) is 10.1 Å². The van der Waals surface area contributed by atoms with Gasteiger partial charge in [0, 0.05) is 31.7 Å². The topological polar surface area (TPSA) is 97.4 Å². The van der Waals surface area contributed by atoms with Crippen LogP contribution in [0.15, 0.2) is 42.5 Å². The van der Waals surface area contributed by atoms with E-state index in [9.17, 15) is 27.6 Å². The zero-order valence-electron chi connectivity index (χ0n) is 18.8. The molecule has 1 aliphatic rings. The zero-order chi connectivity index (χ0) is 25.4. The number of benzene rings is 2. The lowest BCUT2D eigenvalue weighted by atomic mass is 10.2. The van der Waals surface area contributed by atoms with Crippen molar-refractivity contribution in [1.29, 1.82) is 0 Å². The van der Waals surface area contributed by atoms with Crippen LogP contribution in [0.3, 0.4) is 0 Å². The number of hydrogen-bond donors (Lipinski definition) is 1. The molecule has 2 aromatic rings. The van der Waals surface area contributed by atoms with Crippen molar-refractivity contribution in [3.63, 3.8) is 0 Å². The highest BCUT2D eigenvalue weighted by Gasteiger charge is 2.23. The van der Waals surface area contributed by atoms with Crippen molar-refractivity contribution in [3.05, 3.63) is 53.8 Å². The molecule has 12 heteroatoms. The second-order valence-corrected chi connectivity index (χ2v) is 7.41. The first-order chi connectivity index (χ1) is 16.8. The van der Waals surface area contributed by atoms with Crippen LogP contribution in [0.2, 0.25) is 0 Å². The van der Waals surface area contributed by atoms with E-state index in [4.69, 9.17) is 9.47 Å². The molecule has 1 aliphatic heterocycles. The summed E-state index contributed by atoms with van der Waals surface area (Å²) in [5, 5.41) is 2.32. The summed E-state index contributed by atoms with van der Waals surface area (Å²) in [6.07, 6.45) is 0. The average Bonchev–Trinajstić information content (AvgIpc) is 2.86. The summed E-state index contributed by atoms with van der Waals surface area (Å²) in [6, 6.07) is 9.94. The Labute approximate surface area is 199 Å². The predicted octanol–water partition coefficient (Wildman–Crippen LogP) is 2.06. The Kier molecular flexibility index (Phi) is 8.76. The van der Waals surface area contributed by atoms with Gasteiger partial charge in [0.2, 0.25) is 0 Å². The molecular weight excluding hydrogens is 471 g/mol. The number of piperazine rings is 1. The number of ether oxygens (including phenoxy) is 3. The maximum atomic E-state index is 13.9. The highest BCUT2D eigenvalue weighted by atomic mass is 19.3. The molecule has 2 aromatic carbocycles. The summed E-state index contributed by atoms with van der Waals surface area (Å²) in [6.45, 7) is -2.52. The molecule has 188 valence electrons. The third-order valence-corrected chi connectivity index (χ3v) is 5.22. The molecule has 0 atom stereocenters. The molecule has 1 saturated heterocycles. The largest absolute Gasteiger partial charge is 0.493 e. The average molecular weight is 495 g/mol. The molecule has 0 aliphatic carbocycles. The molecule has 35 heavy (non-hydrogen) atoms. The molecule has 0 aromatic heterocycles. The number of para-hydroxylation sites is 1. The van der Waals surface area contributed by atoms with Crippen LogP contribution in [0.25, 0.3) is 0 Å². The minimum atomic E-state index is -3.06. The Hall–Kier alpha value is -3.96. The van der Waals surface area contributed by atoms with E-state index in [1.807, 2.05) is 4.90 Å². The molecule has 1 N–H and O–H groups in total. The van der Waals surface area contributed by atoms with Crippen molar-refractivity contribution < 1.29 is 41.8 Å². The number of alkyl halides is 2. The summed E-state index contributed by atoms with van der Waals surface area (Å²) in [4.78, 5) is 39.9.